The molecule has 0 saturated heterocycles. The Kier molecular flexibility index (Phi) is 4.49. The van der Waals surface area contributed by atoms with E-state index in [9.17, 15) is 13.6 Å². The summed E-state index contributed by atoms with van der Waals surface area (Å²) in [5, 5.41) is 8.87. The van der Waals surface area contributed by atoms with Crippen LogP contribution in [0.1, 0.15) is 0 Å². The molecule has 2 aromatic carbocycles. The van der Waals surface area contributed by atoms with Crippen LogP contribution in [0.25, 0.3) is 11.1 Å². The van der Waals surface area contributed by atoms with Crippen molar-refractivity contribution >= 4 is 22.9 Å². The summed E-state index contributed by atoms with van der Waals surface area (Å²) >= 11 is -2.41. The zero-order valence-electron chi connectivity index (χ0n) is 10.5. The van der Waals surface area contributed by atoms with Gasteiger partial charge in [0.25, 0.3) is 11.3 Å². The van der Waals surface area contributed by atoms with Crippen molar-refractivity contribution in [2.45, 2.75) is 0 Å². The average molecular weight is 291 g/mol. The van der Waals surface area contributed by atoms with Gasteiger partial charge < -0.3 is 5.11 Å². The lowest BCUT2D eigenvalue weighted by Gasteiger charge is -2.21. The fraction of sp³-hybridized carbons (Fsp3) is 0.0714. The molecule has 5 nitrogen and oxygen atoms in total. The van der Waals surface area contributed by atoms with Gasteiger partial charge in [-0.05, 0) is 11.6 Å². The van der Waals surface area contributed by atoms with Gasteiger partial charge in [-0.3, -0.25) is 13.7 Å². The van der Waals surface area contributed by atoms with Crippen molar-refractivity contribution in [3.63, 3.8) is 0 Å². The minimum absolute atomic E-state index is 0.405. The summed E-state index contributed by atoms with van der Waals surface area (Å²) in [6.07, 6.45) is 0. The number of carboxylic acid groups (broad SMARTS) is 1. The molecule has 20 heavy (non-hydrogen) atoms. The summed E-state index contributed by atoms with van der Waals surface area (Å²) in [6, 6.07) is 16.2. The number of carboxylic acids is 1. The molecule has 0 aromatic heterocycles. The van der Waals surface area contributed by atoms with Gasteiger partial charge in [0.2, 0.25) is 0 Å². The molecule has 6 heteroatoms. The van der Waals surface area contributed by atoms with Gasteiger partial charge in [0.05, 0.1) is 5.69 Å². The Hall–Kier alpha value is -2.18. The van der Waals surface area contributed by atoms with Crippen LogP contribution in [-0.4, -0.2) is 26.4 Å². The van der Waals surface area contributed by atoms with Crippen LogP contribution in [0.4, 0.5) is 5.69 Å². The highest BCUT2D eigenvalue weighted by atomic mass is 32.2. The third-order valence-corrected chi connectivity index (χ3v) is 3.43. The predicted octanol–water partition coefficient (Wildman–Crippen LogP) is 2.38. The van der Waals surface area contributed by atoms with E-state index in [4.69, 9.17) is 5.11 Å². The van der Waals surface area contributed by atoms with Crippen LogP contribution in [0.5, 0.6) is 0 Å². The number of aliphatic carboxylic acids is 1. The monoisotopic (exact) mass is 291 g/mol. The largest absolute Gasteiger partial charge is 0.480 e. The number of para-hydroxylation sites is 1. The Bertz CT molecular complexity index is 630. The van der Waals surface area contributed by atoms with Crippen LogP contribution in [0, 0.1) is 0 Å². The van der Waals surface area contributed by atoms with Gasteiger partial charge in [0.1, 0.15) is 6.54 Å². The highest BCUT2D eigenvalue weighted by Crippen LogP contribution is 2.31. The van der Waals surface area contributed by atoms with E-state index in [1.54, 1.807) is 24.3 Å². The quantitative estimate of drug-likeness (QED) is 0.829. The van der Waals surface area contributed by atoms with Crippen LogP contribution < -0.4 is 4.31 Å². The number of hydrogen-bond donors (Lipinski definition) is 2. The second kappa shape index (κ2) is 6.31. The molecule has 2 N–H and O–H groups in total. The fourth-order valence-electron chi connectivity index (χ4n) is 1.90. The summed E-state index contributed by atoms with van der Waals surface area (Å²) in [4.78, 5) is 10.8. The number of rotatable bonds is 5. The van der Waals surface area contributed by atoms with Crippen molar-refractivity contribution < 1.29 is 18.7 Å². The third-order valence-electron chi connectivity index (χ3n) is 2.72. The molecule has 0 bridgehead atoms. The van der Waals surface area contributed by atoms with Gasteiger partial charge in [-0.2, -0.15) is 0 Å². The maximum Gasteiger partial charge on any atom is 0.324 e. The first-order chi connectivity index (χ1) is 9.59. The SMILES string of the molecule is O=C(O)CN(c1ccccc1-c1ccccc1)S(=O)O. The summed E-state index contributed by atoms with van der Waals surface area (Å²) in [5.74, 6) is -1.17. The van der Waals surface area contributed by atoms with E-state index in [1.165, 1.54) is 0 Å². The maximum absolute atomic E-state index is 11.4. The zero-order valence-corrected chi connectivity index (χ0v) is 11.3. The topological polar surface area (TPSA) is 77.8 Å². The zero-order chi connectivity index (χ0) is 14.5. The van der Waals surface area contributed by atoms with Crippen molar-refractivity contribution in [1.29, 1.82) is 0 Å². The van der Waals surface area contributed by atoms with Gasteiger partial charge in [0.15, 0.2) is 0 Å². The fourth-order valence-corrected chi connectivity index (χ4v) is 2.45. The minimum atomic E-state index is -2.41. The van der Waals surface area contributed by atoms with Crippen LogP contribution in [0.2, 0.25) is 0 Å². The van der Waals surface area contributed by atoms with Crippen LogP contribution >= 0.6 is 0 Å². The smallest absolute Gasteiger partial charge is 0.324 e. The van der Waals surface area contributed by atoms with E-state index in [1.807, 2.05) is 30.3 Å². The number of hydrogen-bond acceptors (Lipinski definition) is 2. The lowest BCUT2D eigenvalue weighted by atomic mass is 10.0. The van der Waals surface area contributed by atoms with Crippen molar-refractivity contribution in [2.24, 2.45) is 0 Å². The third kappa shape index (κ3) is 3.23. The van der Waals surface area contributed by atoms with Crippen molar-refractivity contribution in [3.8, 4) is 11.1 Å². The highest BCUT2D eigenvalue weighted by Gasteiger charge is 2.19. The Morgan fingerprint density at radius 3 is 2.25 bits per heavy atom. The molecule has 2 rings (SSSR count). The maximum atomic E-state index is 11.4. The lowest BCUT2D eigenvalue weighted by Crippen LogP contribution is -2.31. The normalized spacial score (nSPS) is 11.8. The minimum Gasteiger partial charge on any atom is -0.480 e. The molecule has 0 spiro atoms. The molecule has 0 saturated carbocycles. The number of carbonyl (C=O) groups is 1. The molecular formula is C14H13NO4S. The number of benzene rings is 2. The molecule has 104 valence electrons. The van der Waals surface area contributed by atoms with Gasteiger partial charge in [-0.1, -0.05) is 48.5 Å². The van der Waals surface area contributed by atoms with Gasteiger partial charge >= 0.3 is 5.97 Å². The highest BCUT2D eigenvalue weighted by molar-refractivity contribution is 7.80. The van der Waals surface area contributed by atoms with E-state index in [-0.39, 0.29) is 0 Å². The summed E-state index contributed by atoms with van der Waals surface area (Å²) in [5.41, 5.74) is 1.96. The predicted molar refractivity (Wildman–Crippen MR) is 77.6 cm³/mol. The van der Waals surface area contributed by atoms with Gasteiger partial charge in [-0.15, -0.1) is 0 Å². The molecule has 1 unspecified atom stereocenters. The van der Waals surface area contributed by atoms with Gasteiger partial charge in [0, 0.05) is 5.56 Å². The first kappa shape index (κ1) is 14.2. The van der Waals surface area contributed by atoms with Crippen LogP contribution in [0.15, 0.2) is 54.6 Å². The molecular weight excluding hydrogens is 278 g/mol. The summed E-state index contributed by atoms with van der Waals surface area (Å²) < 4.78 is 21.6. The Balaban J connectivity index is 2.51. The molecule has 0 aliphatic carbocycles. The number of nitrogens with zero attached hydrogens (tertiary/aromatic N) is 1. The average Bonchev–Trinajstić information content (AvgIpc) is 2.45. The van der Waals surface area contributed by atoms with E-state index in [0.717, 1.165) is 9.87 Å². The van der Waals surface area contributed by atoms with E-state index >= 15 is 0 Å². The van der Waals surface area contributed by atoms with Crippen LogP contribution in [-0.2, 0) is 16.1 Å². The molecule has 0 aliphatic heterocycles. The summed E-state index contributed by atoms with van der Waals surface area (Å²) in [7, 11) is 0. The molecule has 0 fully saturated rings. The summed E-state index contributed by atoms with van der Waals surface area (Å²) in [6.45, 7) is -0.549. The molecule has 0 aliphatic rings. The van der Waals surface area contributed by atoms with E-state index in [0.29, 0.717) is 11.3 Å². The van der Waals surface area contributed by atoms with Crippen molar-refractivity contribution in [2.75, 3.05) is 10.8 Å². The molecule has 0 heterocycles. The number of anilines is 1. The first-order valence-electron chi connectivity index (χ1n) is 5.84. The van der Waals surface area contributed by atoms with Crippen LogP contribution in [0.3, 0.4) is 0 Å². The lowest BCUT2D eigenvalue weighted by molar-refractivity contribution is -0.135. The molecule has 0 amide bonds. The molecule has 2 aromatic rings. The second-order valence-corrected chi connectivity index (χ2v) is 4.95. The van der Waals surface area contributed by atoms with Gasteiger partial charge in [-0.25, -0.2) is 4.21 Å². The first-order valence-corrected chi connectivity index (χ1v) is 6.90. The van der Waals surface area contributed by atoms with E-state index in [2.05, 4.69) is 0 Å². The Labute approximate surface area is 118 Å². The second-order valence-electron chi connectivity index (χ2n) is 4.04. The van der Waals surface area contributed by atoms with Crippen molar-refractivity contribution in [3.05, 3.63) is 54.6 Å². The Morgan fingerprint density at radius 2 is 1.65 bits per heavy atom. The van der Waals surface area contributed by atoms with E-state index < -0.39 is 23.8 Å². The Morgan fingerprint density at radius 1 is 1.05 bits per heavy atom. The molecule has 1 atom stereocenters. The standard InChI is InChI=1S/C14H13NO4S/c16-14(17)10-15(20(18)19)13-9-5-4-8-12(13)11-6-2-1-3-7-11/h1-9H,10H2,(H,16,17)(H,18,19). The van der Waals surface area contributed by atoms with Crippen molar-refractivity contribution in [1.82, 2.24) is 0 Å². The molecule has 0 radical (unpaired) electrons.